The molecule has 0 aromatic rings. The largest absolute Gasteiger partial charge is 0.377 e. The second-order valence-electron chi connectivity index (χ2n) is 3.38. The lowest BCUT2D eigenvalue weighted by Crippen LogP contribution is -2.26. The van der Waals surface area contributed by atoms with Crippen LogP contribution in [0.5, 0.6) is 0 Å². The first kappa shape index (κ1) is 12.8. The van der Waals surface area contributed by atoms with E-state index in [-0.39, 0.29) is 0 Å². The summed E-state index contributed by atoms with van der Waals surface area (Å²) in [4.78, 5) is 7.85. The van der Waals surface area contributed by atoms with E-state index in [1.807, 2.05) is 18.1 Å². The molecule has 0 N–H and O–H groups in total. The van der Waals surface area contributed by atoms with Gasteiger partial charge in [0.25, 0.3) is 0 Å². The van der Waals surface area contributed by atoms with Gasteiger partial charge in [0.15, 0.2) is 0 Å². The molecule has 14 heavy (non-hydrogen) atoms. The van der Waals surface area contributed by atoms with Gasteiger partial charge < -0.3 is 9.80 Å². The van der Waals surface area contributed by atoms with E-state index in [4.69, 9.17) is 0 Å². The molecule has 0 spiro atoms. The molecule has 0 aromatic carbocycles. The smallest absolute Gasteiger partial charge is 0.0564 e. The predicted molar refractivity (Wildman–Crippen MR) is 63.4 cm³/mol. The molecular formula is C11H21N3. The van der Waals surface area contributed by atoms with Crippen LogP contribution in [0.1, 0.15) is 13.3 Å². The number of hydrogen-bond acceptors (Lipinski definition) is 3. The van der Waals surface area contributed by atoms with E-state index in [0.29, 0.717) is 0 Å². The second kappa shape index (κ2) is 7.18. The molecule has 0 radical (unpaired) electrons. The van der Waals surface area contributed by atoms with Gasteiger partial charge in [0, 0.05) is 38.7 Å². The van der Waals surface area contributed by atoms with Crippen molar-refractivity contribution in [2.24, 2.45) is 4.99 Å². The van der Waals surface area contributed by atoms with Gasteiger partial charge in [0.05, 0.1) is 6.54 Å². The zero-order chi connectivity index (χ0) is 11.0. The van der Waals surface area contributed by atoms with E-state index in [2.05, 4.69) is 37.2 Å². The minimum absolute atomic E-state index is 0.822. The zero-order valence-electron chi connectivity index (χ0n) is 9.53. The highest BCUT2D eigenvalue weighted by molar-refractivity contribution is 5.25. The average molecular weight is 195 g/mol. The summed E-state index contributed by atoms with van der Waals surface area (Å²) in [7, 11) is 4.06. The van der Waals surface area contributed by atoms with Crippen molar-refractivity contribution in [1.82, 2.24) is 9.80 Å². The maximum absolute atomic E-state index is 4.03. The van der Waals surface area contributed by atoms with Crippen LogP contribution in [0.15, 0.2) is 29.7 Å². The van der Waals surface area contributed by atoms with Crippen LogP contribution in [0.25, 0.3) is 0 Å². The summed E-state index contributed by atoms with van der Waals surface area (Å²) in [5, 5.41) is 0. The molecule has 80 valence electrons. The Labute approximate surface area is 87.4 Å². The Kier molecular flexibility index (Phi) is 6.54. The molecule has 0 heterocycles. The Morgan fingerprint density at radius 1 is 1.43 bits per heavy atom. The van der Waals surface area contributed by atoms with E-state index in [1.165, 1.54) is 0 Å². The molecular weight excluding hydrogens is 174 g/mol. The van der Waals surface area contributed by atoms with Crippen molar-refractivity contribution in [2.75, 3.05) is 27.2 Å². The second-order valence-corrected chi connectivity index (χ2v) is 3.38. The fraction of sp³-hybridized carbons (Fsp3) is 0.545. The van der Waals surface area contributed by atoms with Gasteiger partial charge in [-0.25, -0.2) is 0 Å². The van der Waals surface area contributed by atoms with Crippen LogP contribution in [-0.4, -0.2) is 43.7 Å². The summed E-state index contributed by atoms with van der Waals surface area (Å²) in [6.45, 7) is 11.4. The fourth-order valence-corrected chi connectivity index (χ4v) is 1.12. The molecule has 0 atom stereocenters. The molecule has 0 saturated carbocycles. The molecule has 0 aliphatic rings. The topological polar surface area (TPSA) is 18.8 Å². The Hall–Kier alpha value is -1.25. The SMILES string of the molecule is C=N/C=C\N(C)CC(=C)N(C)CCC. The molecule has 3 heteroatoms. The third-order valence-electron chi connectivity index (χ3n) is 1.96. The summed E-state index contributed by atoms with van der Waals surface area (Å²) in [6, 6.07) is 0. The van der Waals surface area contributed by atoms with E-state index >= 15 is 0 Å². The first-order valence-electron chi connectivity index (χ1n) is 4.83. The number of aliphatic imine (C=N–C) groups is 1. The maximum atomic E-state index is 4.03. The van der Waals surface area contributed by atoms with Crippen LogP contribution >= 0.6 is 0 Å². The summed E-state index contributed by atoms with van der Waals surface area (Å²) in [5.41, 5.74) is 1.11. The highest BCUT2D eigenvalue weighted by atomic mass is 15.2. The Bertz CT molecular complexity index is 209. The van der Waals surface area contributed by atoms with Gasteiger partial charge in [0.2, 0.25) is 0 Å². The summed E-state index contributed by atoms with van der Waals surface area (Å²) in [6.07, 6.45) is 4.70. The van der Waals surface area contributed by atoms with Gasteiger partial charge >= 0.3 is 0 Å². The Morgan fingerprint density at radius 2 is 2.07 bits per heavy atom. The lowest BCUT2D eigenvalue weighted by Gasteiger charge is -2.24. The van der Waals surface area contributed by atoms with Crippen molar-refractivity contribution in [3.8, 4) is 0 Å². The summed E-state index contributed by atoms with van der Waals surface area (Å²) < 4.78 is 0. The number of likely N-dealkylation sites (N-methyl/N-ethyl adjacent to an activating group) is 2. The van der Waals surface area contributed by atoms with Gasteiger partial charge in [-0.15, -0.1) is 0 Å². The number of nitrogens with zero attached hydrogens (tertiary/aromatic N) is 3. The number of hydrogen-bond donors (Lipinski definition) is 0. The van der Waals surface area contributed by atoms with Crippen molar-refractivity contribution >= 4 is 6.72 Å². The minimum Gasteiger partial charge on any atom is -0.377 e. The molecule has 0 saturated heterocycles. The van der Waals surface area contributed by atoms with Crippen molar-refractivity contribution in [3.63, 3.8) is 0 Å². The maximum Gasteiger partial charge on any atom is 0.0564 e. The highest BCUT2D eigenvalue weighted by Crippen LogP contribution is 2.01. The van der Waals surface area contributed by atoms with Crippen LogP contribution in [-0.2, 0) is 0 Å². The number of rotatable bonds is 7. The van der Waals surface area contributed by atoms with Gasteiger partial charge in [0.1, 0.15) is 0 Å². The monoisotopic (exact) mass is 195 g/mol. The Balaban J connectivity index is 3.92. The van der Waals surface area contributed by atoms with Crippen molar-refractivity contribution in [3.05, 3.63) is 24.7 Å². The van der Waals surface area contributed by atoms with E-state index < -0.39 is 0 Å². The predicted octanol–water partition coefficient (Wildman–Crippen LogP) is 1.95. The van der Waals surface area contributed by atoms with Crippen molar-refractivity contribution in [2.45, 2.75) is 13.3 Å². The van der Waals surface area contributed by atoms with Crippen LogP contribution in [0.2, 0.25) is 0 Å². The van der Waals surface area contributed by atoms with Crippen LogP contribution in [0.3, 0.4) is 0 Å². The van der Waals surface area contributed by atoms with E-state index in [9.17, 15) is 0 Å². The van der Waals surface area contributed by atoms with Crippen LogP contribution in [0, 0.1) is 0 Å². The van der Waals surface area contributed by atoms with Crippen LogP contribution in [0.4, 0.5) is 0 Å². The molecule has 0 rings (SSSR count). The van der Waals surface area contributed by atoms with Gasteiger partial charge in [-0.2, -0.15) is 0 Å². The van der Waals surface area contributed by atoms with E-state index in [0.717, 1.165) is 25.2 Å². The molecule has 0 aliphatic heterocycles. The summed E-state index contributed by atoms with van der Waals surface area (Å²) >= 11 is 0. The third-order valence-corrected chi connectivity index (χ3v) is 1.96. The molecule has 3 nitrogen and oxygen atoms in total. The fourth-order valence-electron chi connectivity index (χ4n) is 1.12. The van der Waals surface area contributed by atoms with Gasteiger partial charge in [-0.05, 0) is 13.1 Å². The zero-order valence-corrected chi connectivity index (χ0v) is 9.53. The van der Waals surface area contributed by atoms with Crippen LogP contribution < -0.4 is 0 Å². The highest BCUT2D eigenvalue weighted by Gasteiger charge is 2.01. The minimum atomic E-state index is 0.822. The Morgan fingerprint density at radius 3 is 2.57 bits per heavy atom. The lowest BCUT2D eigenvalue weighted by molar-refractivity contribution is 0.363. The van der Waals surface area contributed by atoms with E-state index in [1.54, 1.807) is 6.20 Å². The van der Waals surface area contributed by atoms with Gasteiger partial charge in [-0.1, -0.05) is 13.5 Å². The molecule has 0 bridgehead atoms. The lowest BCUT2D eigenvalue weighted by atomic mass is 10.3. The summed E-state index contributed by atoms with van der Waals surface area (Å²) in [5.74, 6) is 0. The van der Waals surface area contributed by atoms with Crippen molar-refractivity contribution in [1.29, 1.82) is 0 Å². The first-order chi connectivity index (χ1) is 6.61. The van der Waals surface area contributed by atoms with Gasteiger partial charge in [-0.3, -0.25) is 4.99 Å². The molecule has 0 amide bonds. The third kappa shape index (κ3) is 5.41. The molecule has 0 aromatic heterocycles. The quantitative estimate of drug-likeness (QED) is 0.578. The average Bonchev–Trinajstić information content (AvgIpc) is 2.15. The van der Waals surface area contributed by atoms with Crippen molar-refractivity contribution < 1.29 is 0 Å². The molecule has 0 fully saturated rings. The first-order valence-corrected chi connectivity index (χ1v) is 4.83. The standard InChI is InChI=1S/C11H21N3/c1-6-8-14(5)11(2)10-13(4)9-7-12-3/h7,9H,2-3,6,8,10H2,1,4-5H3/b9-7-. The normalized spacial score (nSPS) is 10.2. The molecule has 0 unspecified atom stereocenters. The molecule has 0 aliphatic carbocycles.